The normalized spacial score (nSPS) is 11.6. The minimum Gasteiger partial charge on any atom is -0.465 e. The molecular formula is C11H11FN2O2. The van der Waals surface area contributed by atoms with Gasteiger partial charge in [-0.3, -0.25) is 0 Å². The van der Waals surface area contributed by atoms with E-state index in [1.165, 1.54) is 6.07 Å². The molecule has 5 heteroatoms. The lowest BCUT2D eigenvalue weighted by Crippen LogP contribution is -2.24. The molecule has 4 nitrogen and oxygen atoms in total. The molecule has 0 spiro atoms. The van der Waals surface area contributed by atoms with Gasteiger partial charge in [0, 0.05) is 0 Å². The Kier molecular flexibility index (Phi) is 3.84. The predicted octanol–water partition coefficient (Wildman–Crippen LogP) is 2.36. The van der Waals surface area contributed by atoms with Crippen LogP contribution in [0.5, 0.6) is 0 Å². The van der Waals surface area contributed by atoms with Gasteiger partial charge in [0.15, 0.2) is 0 Å². The van der Waals surface area contributed by atoms with Gasteiger partial charge in [0.25, 0.3) is 0 Å². The van der Waals surface area contributed by atoms with Crippen molar-refractivity contribution in [3.8, 4) is 6.07 Å². The van der Waals surface area contributed by atoms with Crippen LogP contribution in [-0.4, -0.2) is 11.2 Å². The second-order valence-electron chi connectivity index (χ2n) is 3.38. The SMILES string of the molecule is CC(NC(=O)O)c1cc(C#N)cc(CF)c1. The third-order valence-corrected chi connectivity index (χ3v) is 2.14. The zero-order chi connectivity index (χ0) is 12.1. The molecule has 1 atom stereocenters. The molecule has 0 saturated heterocycles. The standard InChI is InChI=1S/C11H11FN2O2/c1-7(14-11(15)16)10-3-8(5-12)2-9(4-10)6-13/h2-4,7,14H,5H2,1H3,(H,15,16). The molecule has 0 aliphatic carbocycles. The summed E-state index contributed by atoms with van der Waals surface area (Å²) in [7, 11) is 0. The van der Waals surface area contributed by atoms with Crippen molar-refractivity contribution in [2.45, 2.75) is 19.6 Å². The largest absolute Gasteiger partial charge is 0.465 e. The van der Waals surface area contributed by atoms with Gasteiger partial charge in [-0.1, -0.05) is 6.07 Å². The Morgan fingerprint density at radius 2 is 2.31 bits per heavy atom. The maximum absolute atomic E-state index is 12.5. The summed E-state index contributed by atoms with van der Waals surface area (Å²) in [5.41, 5.74) is 1.27. The highest BCUT2D eigenvalue weighted by molar-refractivity contribution is 5.65. The maximum Gasteiger partial charge on any atom is 0.405 e. The highest BCUT2D eigenvalue weighted by Gasteiger charge is 2.10. The van der Waals surface area contributed by atoms with E-state index in [1.807, 2.05) is 6.07 Å². The van der Waals surface area contributed by atoms with E-state index in [0.717, 1.165) is 0 Å². The predicted molar refractivity (Wildman–Crippen MR) is 55.5 cm³/mol. The fourth-order valence-corrected chi connectivity index (χ4v) is 1.38. The van der Waals surface area contributed by atoms with Crippen LogP contribution in [-0.2, 0) is 6.67 Å². The average Bonchev–Trinajstić information content (AvgIpc) is 2.27. The molecule has 0 bridgehead atoms. The van der Waals surface area contributed by atoms with Crippen molar-refractivity contribution in [2.75, 3.05) is 0 Å². The van der Waals surface area contributed by atoms with Crippen LogP contribution in [0.25, 0.3) is 0 Å². The highest BCUT2D eigenvalue weighted by atomic mass is 19.1. The van der Waals surface area contributed by atoms with Crippen molar-refractivity contribution in [1.82, 2.24) is 5.32 Å². The van der Waals surface area contributed by atoms with Gasteiger partial charge < -0.3 is 10.4 Å². The van der Waals surface area contributed by atoms with Crippen molar-refractivity contribution < 1.29 is 14.3 Å². The van der Waals surface area contributed by atoms with Gasteiger partial charge in [0.2, 0.25) is 0 Å². The Morgan fingerprint density at radius 3 is 2.81 bits per heavy atom. The summed E-state index contributed by atoms with van der Waals surface area (Å²) in [6.07, 6.45) is -1.16. The van der Waals surface area contributed by atoms with Crippen molar-refractivity contribution in [1.29, 1.82) is 5.26 Å². The number of hydrogen-bond donors (Lipinski definition) is 2. The topological polar surface area (TPSA) is 73.1 Å². The van der Waals surface area contributed by atoms with E-state index < -0.39 is 18.8 Å². The third kappa shape index (κ3) is 2.95. The second kappa shape index (κ2) is 5.12. The molecule has 0 heterocycles. The molecule has 1 aromatic carbocycles. The number of nitrogens with zero attached hydrogens (tertiary/aromatic N) is 1. The maximum atomic E-state index is 12.5. The van der Waals surface area contributed by atoms with Gasteiger partial charge in [0.1, 0.15) is 6.67 Å². The van der Waals surface area contributed by atoms with Gasteiger partial charge in [-0.15, -0.1) is 0 Å². The molecule has 0 saturated carbocycles. The van der Waals surface area contributed by atoms with Crippen LogP contribution >= 0.6 is 0 Å². The summed E-state index contributed by atoms with van der Waals surface area (Å²) < 4.78 is 12.5. The minimum atomic E-state index is -1.16. The first-order valence-electron chi connectivity index (χ1n) is 4.66. The number of halogens is 1. The van der Waals surface area contributed by atoms with Gasteiger partial charge in [-0.25, -0.2) is 9.18 Å². The second-order valence-corrected chi connectivity index (χ2v) is 3.38. The van der Waals surface area contributed by atoms with Crippen LogP contribution in [0.3, 0.4) is 0 Å². The van der Waals surface area contributed by atoms with Crippen LogP contribution in [0.1, 0.15) is 29.7 Å². The van der Waals surface area contributed by atoms with Gasteiger partial charge in [-0.05, 0) is 30.2 Å². The van der Waals surface area contributed by atoms with Gasteiger partial charge >= 0.3 is 6.09 Å². The number of alkyl halides is 1. The van der Waals surface area contributed by atoms with E-state index in [2.05, 4.69) is 5.32 Å². The summed E-state index contributed by atoms with van der Waals surface area (Å²) in [5.74, 6) is 0. The van der Waals surface area contributed by atoms with Crippen molar-refractivity contribution in [3.63, 3.8) is 0 Å². The third-order valence-electron chi connectivity index (χ3n) is 2.14. The molecule has 84 valence electrons. The van der Waals surface area contributed by atoms with E-state index in [0.29, 0.717) is 16.7 Å². The zero-order valence-corrected chi connectivity index (χ0v) is 8.70. The van der Waals surface area contributed by atoms with E-state index in [4.69, 9.17) is 10.4 Å². The number of carbonyl (C=O) groups is 1. The number of amides is 1. The van der Waals surface area contributed by atoms with Crippen LogP contribution < -0.4 is 5.32 Å². The molecule has 2 N–H and O–H groups in total. The molecule has 1 amide bonds. The summed E-state index contributed by atoms with van der Waals surface area (Å²) >= 11 is 0. The molecular weight excluding hydrogens is 211 g/mol. The number of carboxylic acid groups (broad SMARTS) is 1. The molecule has 1 unspecified atom stereocenters. The first kappa shape index (κ1) is 12.0. The summed E-state index contributed by atoms with van der Waals surface area (Å²) in [6.45, 7) is 0.953. The van der Waals surface area contributed by atoms with E-state index in [1.54, 1.807) is 19.1 Å². The smallest absolute Gasteiger partial charge is 0.405 e. The Bertz CT molecular complexity index is 440. The summed E-state index contributed by atoms with van der Waals surface area (Å²) in [6, 6.07) is 5.96. The minimum absolute atomic E-state index is 0.323. The molecule has 0 aromatic heterocycles. The number of rotatable bonds is 3. The van der Waals surface area contributed by atoms with E-state index in [9.17, 15) is 9.18 Å². The molecule has 1 rings (SSSR count). The van der Waals surface area contributed by atoms with Gasteiger partial charge in [-0.2, -0.15) is 5.26 Å². The Balaban J connectivity index is 3.03. The number of benzene rings is 1. The summed E-state index contributed by atoms with van der Waals surface area (Å²) in [4.78, 5) is 10.4. The molecule has 0 aliphatic heterocycles. The van der Waals surface area contributed by atoms with E-state index >= 15 is 0 Å². The van der Waals surface area contributed by atoms with Crippen LogP contribution in [0.4, 0.5) is 9.18 Å². The Morgan fingerprint density at radius 1 is 1.62 bits per heavy atom. The fourth-order valence-electron chi connectivity index (χ4n) is 1.38. The van der Waals surface area contributed by atoms with E-state index in [-0.39, 0.29) is 0 Å². The van der Waals surface area contributed by atoms with Crippen molar-refractivity contribution >= 4 is 6.09 Å². The zero-order valence-electron chi connectivity index (χ0n) is 8.70. The van der Waals surface area contributed by atoms with Crippen molar-refractivity contribution in [3.05, 3.63) is 34.9 Å². The lowest BCUT2D eigenvalue weighted by molar-refractivity contribution is 0.191. The number of nitrogens with one attached hydrogen (secondary N) is 1. The molecule has 1 aromatic rings. The monoisotopic (exact) mass is 222 g/mol. The lowest BCUT2D eigenvalue weighted by atomic mass is 10.0. The molecule has 0 fully saturated rings. The highest BCUT2D eigenvalue weighted by Crippen LogP contribution is 2.17. The molecule has 0 radical (unpaired) electrons. The Labute approximate surface area is 92.3 Å². The first-order chi connectivity index (χ1) is 7.56. The van der Waals surface area contributed by atoms with Crippen molar-refractivity contribution in [2.24, 2.45) is 0 Å². The van der Waals surface area contributed by atoms with Gasteiger partial charge in [0.05, 0.1) is 17.7 Å². The van der Waals surface area contributed by atoms with Crippen LogP contribution in [0, 0.1) is 11.3 Å². The quantitative estimate of drug-likeness (QED) is 0.824. The molecule has 0 aliphatic rings. The molecule has 16 heavy (non-hydrogen) atoms. The summed E-state index contributed by atoms with van der Waals surface area (Å²) in [5, 5.41) is 19.5. The fraction of sp³-hybridized carbons (Fsp3) is 0.273. The number of hydrogen-bond acceptors (Lipinski definition) is 2. The van der Waals surface area contributed by atoms with Crippen LogP contribution in [0.2, 0.25) is 0 Å². The lowest BCUT2D eigenvalue weighted by Gasteiger charge is -2.12. The Hall–Kier alpha value is -2.09. The first-order valence-corrected chi connectivity index (χ1v) is 4.66. The number of nitriles is 1. The average molecular weight is 222 g/mol. The van der Waals surface area contributed by atoms with Crippen LogP contribution in [0.15, 0.2) is 18.2 Å².